The van der Waals surface area contributed by atoms with Gasteiger partial charge in [0, 0.05) is 6.92 Å². The summed E-state index contributed by atoms with van der Waals surface area (Å²) in [6, 6.07) is 13.3. The van der Waals surface area contributed by atoms with Crippen molar-refractivity contribution in [1.29, 1.82) is 0 Å². The molecule has 3 heteroatoms. The Labute approximate surface area is 93.1 Å². The van der Waals surface area contributed by atoms with Crippen LogP contribution >= 0.6 is 11.6 Å². The van der Waals surface area contributed by atoms with Crippen LogP contribution in [0, 0.1) is 0 Å². The number of benzene rings is 2. The lowest BCUT2D eigenvalue weighted by Gasteiger charge is -1.96. The van der Waals surface area contributed by atoms with Crippen LogP contribution in [0.4, 0.5) is 0 Å². The van der Waals surface area contributed by atoms with Crippen molar-refractivity contribution in [2.75, 3.05) is 0 Å². The van der Waals surface area contributed by atoms with E-state index in [0.29, 0.717) is 5.75 Å². The third-order valence-corrected chi connectivity index (χ3v) is 1.73. The molecule has 0 atom stereocenters. The summed E-state index contributed by atoms with van der Waals surface area (Å²) in [4.78, 5) is 9.21. The zero-order chi connectivity index (χ0) is 11.3. The van der Waals surface area contributed by atoms with Gasteiger partial charge in [-0.05, 0) is 34.5 Å². The fraction of sp³-hybridized carbons (Fsp3) is 0.0833. The van der Waals surface area contributed by atoms with E-state index in [4.69, 9.17) is 5.11 Å². The summed E-state index contributed by atoms with van der Waals surface area (Å²) in [6.45, 7) is 1.29. The third-order valence-electron chi connectivity index (χ3n) is 1.73. The molecule has 2 aromatic rings. The number of hydrogen-bond donors (Lipinski definition) is 1. The van der Waals surface area contributed by atoms with Crippen LogP contribution in [0.2, 0.25) is 0 Å². The molecule has 0 saturated carbocycles. The number of fused-ring (bicyclic) bond motifs is 1. The fourth-order valence-electron chi connectivity index (χ4n) is 1.18. The molecule has 2 nitrogen and oxygen atoms in total. The maximum absolute atomic E-state index is 9.21. The molecule has 0 aliphatic rings. The highest BCUT2D eigenvalue weighted by atomic mass is 35.5. The van der Waals surface area contributed by atoms with E-state index >= 15 is 0 Å². The van der Waals surface area contributed by atoms with Crippen molar-refractivity contribution in [3.05, 3.63) is 42.5 Å². The van der Waals surface area contributed by atoms with Gasteiger partial charge >= 0.3 is 0 Å². The monoisotopic (exact) mass is 222 g/mol. The van der Waals surface area contributed by atoms with E-state index in [1.54, 1.807) is 12.1 Å². The summed E-state index contributed by atoms with van der Waals surface area (Å²) in [6.07, 6.45) is 0. The summed E-state index contributed by atoms with van der Waals surface area (Å²) < 4.78 is 0. The minimum absolute atomic E-state index is 0.323. The number of aromatic hydroxyl groups is 1. The largest absolute Gasteiger partial charge is 0.508 e. The van der Waals surface area contributed by atoms with Crippen LogP contribution in [0.15, 0.2) is 42.5 Å². The Balaban J connectivity index is 0.000000245. The maximum Gasteiger partial charge on any atom is 0.218 e. The van der Waals surface area contributed by atoms with Crippen molar-refractivity contribution in [1.82, 2.24) is 0 Å². The summed E-state index contributed by atoms with van der Waals surface area (Å²) in [5.41, 5.74) is 0. The standard InChI is InChI=1S/C10H8O.C2H3ClO/c11-10-6-5-8-3-1-2-4-9(8)7-10;1-2(3)4/h1-7,11H;1H3. The van der Waals surface area contributed by atoms with Crippen LogP contribution in [0.1, 0.15) is 6.92 Å². The van der Waals surface area contributed by atoms with Gasteiger partial charge in [0.05, 0.1) is 0 Å². The number of rotatable bonds is 0. The first-order chi connectivity index (χ1) is 7.09. The highest BCUT2D eigenvalue weighted by Crippen LogP contribution is 2.18. The molecule has 0 amide bonds. The molecule has 2 rings (SSSR count). The van der Waals surface area contributed by atoms with E-state index in [1.165, 1.54) is 6.92 Å². The van der Waals surface area contributed by atoms with Crippen LogP contribution in [-0.2, 0) is 4.79 Å². The van der Waals surface area contributed by atoms with Crippen LogP contribution < -0.4 is 0 Å². The van der Waals surface area contributed by atoms with E-state index in [-0.39, 0.29) is 5.24 Å². The molecule has 0 aromatic heterocycles. The lowest BCUT2D eigenvalue weighted by molar-refractivity contribution is -0.109. The minimum Gasteiger partial charge on any atom is -0.508 e. The first-order valence-corrected chi connectivity index (χ1v) is 4.81. The summed E-state index contributed by atoms with van der Waals surface area (Å²) >= 11 is 4.64. The normalized spacial score (nSPS) is 9.20. The van der Waals surface area contributed by atoms with Crippen molar-refractivity contribution >= 4 is 27.6 Å². The van der Waals surface area contributed by atoms with Gasteiger partial charge in [0.15, 0.2) is 0 Å². The van der Waals surface area contributed by atoms with Gasteiger partial charge in [0.2, 0.25) is 5.24 Å². The topological polar surface area (TPSA) is 37.3 Å². The lowest BCUT2D eigenvalue weighted by Crippen LogP contribution is -1.69. The van der Waals surface area contributed by atoms with Gasteiger partial charge in [0.25, 0.3) is 0 Å². The molecule has 0 heterocycles. The second kappa shape index (κ2) is 5.37. The number of phenolic OH excluding ortho intramolecular Hbond substituents is 1. The molecule has 0 spiro atoms. The van der Waals surface area contributed by atoms with Gasteiger partial charge in [-0.2, -0.15) is 0 Å². The van der Waals surface area contributed by atoms with Gasteiger partial charge in [-0.25, -0.2) is 0 Å². The van der Waals surface area contributed by atoms with Crippen LogP contribution in [-0.4, -0.2) is 10.3 Å². The average molecular weight is 223 g/mol. The van der Waals surface area contributed by atoms with Crippen molar-refractivity contribution < 1.29 is 9.90 Å². The molecule has 0 aliphatic carbocycles. The molecule has 0 bridgehead atoms. The predicted molar refractivity (Wildman–Crippen MR) is 62.1 cm³/mol. The van der Waals surface area contributed by atoms with E-state index in [9.17, 15) is 4.79 Å². The molecule has 78 valence electrons. The Morgan fingerprint density at radius 2 is 1.67 bits per heavy atom. The second-order valence-electron chi connectivity index (χ2n) is 3.00. The Kier molecular flexibility index (Phi) is 4.13. The molecule has 2 aromatic carbocycles. The predicted octanol–water partition coefficient (Wildman–Crippen LogP) is 3.32. The van der Waals surface area contributed by atoms with Crippen molar-refractivity contribution in [2.24, 2.45) is 0 Å². The molecular weight excluding hydrogens is 212 g/mol. The lowest BCUT2D eigenvalue weighted by atomic mass is 10.1. The highest BCUT2D eigenvalue weighted by Gasteiger charge is 1.91. The van der Waals surface area contributed by atoms with Gasteiger partial charge in [-0.15, -0.1) is 0 Å². The van der Waals surface area contributed by atoms with Crippen molar-refractivity contribution in [2.45, 2.75) is 6.92 Å². The summed E-state index contributed by atoms with van der Waals surface area (Å²) in [7, 11) is 0. The van der Waals surface area contributed by atoms with Crippen LogP contribution in [0.5, 0.6) is 5.75 Å². The quantitative estimate of drug-likeness (QED) is 0.695. The number of hydrogen-bond acceptors (Lipinski definition) is 2. The minimum atomic E-state index is -0.361. The average Bonchev–Trinajstić information content (AvgIpc) is 2.16. The van der Waals surface area contributed by atoms with Crippen molar-refractivity contribution in [3.63, 3.8) is 0 Å². The van der Waals surface area contributed by atoms with Gasteiger partial charge in [0.1, 0.15) is 5.75 Å². The fourth-order valence-corrected chi connectivity index (χ4v) is 1.18. The molecule has 0 fully saturated rings. The Bertz CT molecular complexity index is 462. The Hall–Kier alpha value is -1.54. The smallest absolute Gasteiger partial charge is 0.218 e. The van der Waals surface area contributed by atoms with Gasteiger partial charge < -0.3 is 5.11 Å². The van der Waals surface area contributed by atoms with Crippen LogP contribution in [0.25, 0.3) is 10.8 Å². The molecule has 0 unspecified atom stereocenters. The second-order valence-corrected chi connectivity index (χ2v) is 3.53. The van der Waals surface area contributed by atoms with Crippen LogP contribution in [0.3, 0.4) is 0 Å². The first kappa shape index (κ1) is 11.5. The van der Waals surface area contributed by atoms with E-state index in [2.05, 4.69) is 11.6 Å². The number of carbonyl (C=O) groups is 1. The maximum atomic E-state index is 9.21. The number of carbonyl (C=O) groups excluding carboxylic acids is 1. The zero-order valence-corrected chi connectivity index (χ0v) is 9.03. The van der Waals surface area contributed by atoms with E-state index < -0.39 is 0 Å². The molecule has 15 heavy (non-hydrogen) atoms. The first-order valence-electron chi connectivity index (χ1n) is 4.43. The third kappa shape index (κ3) is 4.00. The molecular formula is C12H11ClO2. The van der Waals surface area contributed by atoms with Gasteiger partial charge in [-0.1, -0.05) is 30.3 Å². The van der Waals surface area contributed by atoms with Crippen molar-refractivity contribution in [3.8, 4) is 5.75 Å². The molecule has 1 N–H and O–H groups in total. The summed E-state index contributed by atoms with van der Waals surface area (Å²) in [5.74, 6) is 0.323. The molecule has 0 saturated heterocycles. The number of halogens is 1. The highest BCUT2D eigenvalue weighted by molar-refractivity contribution is 6.62. The SMILES string of the molecule is CC(=O)Cl.Oc1ccc2ccccc2c1. The van der Waals surface area contributed by atoms with Gasteiger partial charge in [-0.3, -0.25) is 4.79 Å². The summed E-state index contributed by atoms with van der Waals surface area (Å²) in [5, 5.41) is 11.0. The zero-order valence-electron chi connectivity index (χ0n) is 8.27. The van der Waals surface area contributed by atoms with E-state index in [1.807, 2.05) is 30.3 Å². The Morgan fingerprint density at radius 3 is 2.27 bits per heavy atom. The molecule has 0 aliphatic heterocycles. The van der Waals surface area contributed by atoms with E-state index in [0.717, 1.165) is 10.8 Å². The number of phenols is 1. The molecule has 0 radical (unpaired) electrons. The Morgan fingerprint density at radius 1 is 1.13 bits per heavy atom.